The molecule has 0 N–H and O–H groups in total. The van der Waals surface area contributed by atoms with Crippen LogP contribution in [-0.4, -0.2) is 5.78 Å². The molecule has 0 bridgehead atoms. The van der Waals surface area contributed by atoms with Crippen LogP contribution in [0.4, 0.5) is 0 Å². The summed E-state index contributed by atoms with van der Waals surface area (Å²) in [6.45, 7) is 6.44. The second-order valence-electron chi connectivity index (χ2n) is 8.65. The van der Waals surface area contributed by atoms with Crippen molar-refractivity contribution in [2.45, 2.75) is 58.3 Å². The van der Waals surface area contributed by atoms with Crippen LogP contribution in [-0.2, 0) is 4.79 Å². The number of allylic oxidation sites excluding steroid dienone is 3. The van der Waals surface area contributed by atoms with Crippen molar-refractivity contribution in [2.24, 2.45) is 40.9 Å². The normalized spacial score (nSPS) is 47.0. The van der Waals surface area contributed by atoms with Crippen LogP contribution in [0.25, 0.3) is 0 Å². The molecule has 24 heavy (non-hydrogen) atoms. The average Bonchev–Trinajstić information content (AvgIpc) is 2.99. The Morgan fingerprint density at radius 2 is 2.21 bits per heavy atom. The molecule has 0 heterocycles. The van der Waals surface area contributed by atoms with Crippen LogP contribution < -0.4 is 0 Å². The fourth-order valence-electron chi connectivity index (χ4n) is 7.15. The summed E-state index contributed by atoms with van der Waals surface area (Å²) in [6.07, 6.45) is 13.0. The molecule has 2 heteroatoms. The molecule has 2 nitrogen and oxygen atoms in total. The van der Waals surface area contributed by atoms with E-state index in [1.807, 2.05) is 0 Å². The Balaban J connectivity index is 1.74. The monoisotopic (exact) mass is 323 g/mol. The summed E-state index contributed by atoms with van der Waals surface area (Å²) in [6, 6.07) is 2.66. The Hall–Kier alpha value is -1.36. The Bertz CT molecular complexity index is 626. The van der Waals surface area contributed by atoms with Gasteiger partial charge >= 0.3 is 0 Å². The number of fused-ring (bicyclic) bond motifs is 5. The van der Waals surface area contributed by atoms with Gasteiger partial charge in [0, 0.05) is 12.8 Å². The molecule has 0 saturated heterocycles. The summed E-state index contributed by atoms with van der Waals surface area (Å²) in [5.74, 6) is 3.73. The highest BCUT2D eigenvalue weighted by atomic mass is 16.1. The van der Waals surface area contributed by atoms with Gasteiger partial charge in [-0.3, -0.25) is 4.79 Å². The van der Waals surface area contributed by atoms with E-state index >= 15 is 0 Å². The average molecular weight is 323 g/mol. The molecule has 0 aliphatic heterocycles. The molecule has 3 fully saturated rings. The van der Waals surface area contributed by atoms with E-state index in [4.69, 9.17) is 0 Å². The van der Waals surface area contributed by atoms with Crippen LogP contribution >= 0.6 is 0 Å². The molecule has 0 aromatic rings. The van der Waals surface area contributed by atoms with Crippen LogP contribution in [0.3, 0.4) is 0 Å². The Kier molecular flexibility index (Phi) is 3.94. The molecule has 4 aliphatic rings. The lowest BCUT2D eigenvalue weighted by Crippen LogP contribution is -2.49. The zero-order valence-electron chi connectivity index (χ0n) is 14.8. The number of hydrogen-bond donors (Lipinski definition) is 0. The van der Waals surface area contributed by atoms with Gasteiger partial charge in [-0.1, -0.05) is 24.6 Å². The van der Waals surface area contributed by atoms with E-state index in [9.17, 15) is 10.1 Å². The van der Waals surface area contributed by atoms with E-state index in [-0.39, 0.29) is 11.3 Å². The molecule has 128 valence electrons. The fraction of sp³-hybridized carbons (Fsp3) is 0.727. The molecular weight excluding hydrogens is 294 g/mol. The van der Waals surface area contributed by atoms with Gasteiger partial charge in [0.2, 0.25) is 0 Å². The number of nitrogens with zero attached hydrogens (tertiary/aromatic N) is 1. The summed E-state index contributed by atoms with van der Waals surface area (Å²) in [4.78, 5) is 11.9. The van der Waals surface area contributed by atoms with Crippen LogP contribution in [0.15, 0.2) is 24.3 Å². The smallest absolute Gasteiger partial charge is 0.136 e. The van der Waals surface area contributed by atoms with Gasteiger partial charge in [-0.25, -0.2) is 0 Å². The van der Waals surface area contributed by atoms with Gasteiger partial charge in [0.05, 0.1) is 12.0 Å². The van der Waals surface area contributed by atoms with Gasteiger partial charge in [0.25, 0.3) is 0 Å². The highest BCUT2D eigenvalue weighted by Crippen LogP contribution is 2.65. The van der Waals surface area contributed by atoms with Crippen LogP contribution in [0.1, 0.15) is 58.3 Å². The quantitative estimate of drug-likeness (QED) is 0.666. The first-order valence-electron chi connectivity index (χ1n) is 9.89. The topological polar surface area (TPSA) is 40.9 Å². The number of carbonyl (C=O) groups is 1. The molecule has 3 saturated carbocycles. The van der Waals surface area contributed by atoms with E-state index in [0.29, 0.717) is 41.8 Å². The van der Waals surface area contributed by atoms with Gasteiger partial charge < -0.3 is 0 Å². The molecule has 0 amide bonds. The number of rotatable bonds is 2. The summed E-state index contributed by atoms with van der Waals surface area (Å²) in [7, 11) is 0. The van der Waals surface area contributed by atoms with Gasteiger partial charge in [-0.2, -0.15) is 5.26 Å². The molecule has 0 radical (unpaired) electrons. The number of Topliss-reactive ketones (excluding diaryl/α,β-unsaturated/α-hetero) is 1. The van der Waals surface area contributed by atoms with Gasteiger partial charge in [-0.15, -0.1) is 6.58 Å². The third-order valence-electron chi connectivity index (χ3n) is 8.17. The molecule has 0 spiro atoms. The molecule has 4 rings (SSSR count). The molecule has 0 unspecified atom stereocenters. The van der Waals surface area contributed by atoms with E-state index in [1.54, 1.807) is 0 Å². The number of carbonyl (C=O) groups excluding carboxylic acids is 1. The maximum Gasteiger partial charge on any atom is 0.136 e. The minimum absolute atomic E-state index is 0.243. The van der Waals surface area contributed by atoms with Crippen molar-refractivity contribution in [3.05, 3.63) is 24.3 Å². The van der Waals surface area contributed by atoms with E-state index < -0.39 is 0 Å². The highest BCUT2D eigenvalue weighted by molar-refractivity contribution is 5.82. The lowest BCUT2D eigenvalue weighted by atomic mass is 9.48. The minimum atomic E-state index is 0.243. The first kappa shape index (κ1) is 16.1. The van der Waals surface area contributed by atoms with Crippen molar-refractivity contribution in [3.63, 3.8) is 0 Å². The Morgan fingerprint density at radius 3 is 2.92 bits per heavy atom. The third kappa shape index (κ3) is 2.10. The Labute approximate surface area is 146 Å². The molecule has 7 atom stereocenters. The van der Waals surface area contributed by atoms with Crippen LogP contribution in [0.5, 0.6) is 0 Å². The van der Waals surface area contributed by atoms with Crippen molar-refractivity contribution in [3.8, 4) is 6.07 Å². The SMILES string of the molecule is C=C[C@@H]1C=C2CC(=O)CC[C@@H]2[C@H]2CC[C@]3(CC)[C@@H](C#N)CC[C@H]3[C@H]12. The third-order valence-corrected chi connectivity index (χ3v) is 8.17. The van der Waals surface area contributed by atoms with E-state index in [2.05, 4.69) is 31.7 Å². The van der Waals surface area contributed by atoms with Crippen LogP contribution in [0.2, 0.25) is 0 Å². The van der Waals surface area contributed by atoms with E-state index in [0.717, 1.165) is 25.7 Å². The molecule has 0 aromatic carbocycles. The number of ketones is 1. The predicted octanol–water partition coefficient (Wildman–Crippen LogP) is 5.07. The summed E-state index contributed by atoms with van der Waals surface area (Å²) < 4.78 is 0. The maximum absolute atomic E-state index is 11.9. The van der Waals surface area contributed by atoms with Gasteiger partial charge in [0.15, 0.2) is 0 Å². The van der Waals surface area contributed by atoms with Crippen molar-refractivity contribution in [2.75, 3.05) is 0 Å². The fourth-order valence-corrected chi connectivity index (χ4v) is 7.15. The second kappa shape index (κ2) is 5.87. The first-order valence-corrected chi connectivity index (χ1v) is 9.89. The lowest BCUT2D eigenvalue weighted by Gasteiger charge is -2.55. The number of hydrogen-bond acceptors (Lipinski definition) is 2. The lowest BCUT2D eigenvalue weighted by molar-refractivity contribution is -0.120. The minimum Gasteiger partial charge on any atom is -0.299 e. The maximum atomic E-state index is 11.9. The van der Waals surface area contributed by atoms with Crippen molar-refractivity contribution in [1.82, 2.24) is 0 Å². The summed E-state index contributed by atoms with van der Waals surface area (Å²) >= 11 is 0. The van der Waals surface area contributed by atoms with Gasteiger partial charge in [0.1, 0.15) is 5.78 Å². The van der Waals surface area contributed by atoms with Crippen LogP contribution in [0, 0.1) is 52.3 Å². The standard InChI is InChI=1S/C22H29NO/c1-3-14-11-15-12-17(24)6-7-18(15)19-9-10-22(4-2)16(13-23)5-8-20(22)21(14)19/h3,11,14,16,18-21H,1,4-10,12H2,2H3/t14-,16-,18+,19-,20+,21-,22-/m1/s1. The summed E-state index contributed by atoms with van der Waals surface area (Å²) in [5.41, 5.74) is 1.66. The molecule has 4 aliphatic carbocycles. The zero-order valence-corrected chi connectivity index (χ0v) is 14.8. The Morgan fingerprint density at radius 1 is 1.38 bits per heavy atom. The predicted molar refractivity (Wildman–Crippen MR) is 94.9 cm³/mol. The summed E-state index contributed by atoms with van der Waals surface area (Å²) in [5, 5.41) is 9.72. The van der Waals surface area contributed by atoms with Gasteiger partial charge in [-0.05, 0) is 73.5 Å². The number of nitriles is 1. The molecule has 0 aromatic heterocycles. The molecular formula is C22H29NO. The van der Waals surface area contributed by atoms with Crippen molar-refractivity contribution >= 4 is 5.78 Å². The first-order chi connectivity index (χ1) is 11.6. The van der Waals surface area contributed by atoms with E-state index in [1.165, 1.54) is 24.8 Å². The second-order valence-corrected chi connectivity index (χ2v) is 8.65. The highest BCUT2D eigenvalue weighted by Gasteiger charge is 2.59. The zero-order chi connectivity index (χ0) is 16.9. The van der Waals surface area contributed by atoms with Crippen molar-refractivity contribution < 1.29 is 4.79 Å². The van der Waals surface area contributed by atoms with Crippen molar-refractivity contribution in [1.29, 1.82) is 5.26 Å². The largest absolute Gasteiger partial charge is 0.299 e.